The molecule has 29 heavy (non-hydrogen) atoms. The van der Waals surface area contributed by atoms with E-state index in [1.54, 1.807) is 4.90 Å². The molecule has 0 bridgehead atoms. The Morgan fingerprint density at radius 2 is 1.62 bits per heavy atom. The Bertz CT molecular complexity index is 976. The molecule has 3 aromatic rings. The second-order valence-corrected chi connectivity index (χ2v) is 6.95. The van der Waals surface area contributed by atoms with Gasteiger partial charge in [-0.3, -0.25) is 4.79 Å². The fourth-order valence-electron chi connectivity index (χ4n) is 3.41. The number of likely N-dealkylation sites (tertiary alicyclic amines) is 1. The summed E-state index contributed by atoms with van der Waals surface area (Å²) in [5, 5.41) is 8.25. The maximum atomic E-state index is 12.7. The summed E-state index contributed by atoms with van der Waals surface area (Å²) >= 11 is 0. The Hall–Kier alpha value is -3.16. The van der Waals surface area contributed by atoms with Crippen molar-refractivity contribution in [2.24, 2.45) is 0 Å². The van der Waals surface area contributed by atoms with Gasteiger partial charge in [-0.2, -0.15) is 13.2 Å². The Morgan fingerprint density at radius 1 is 0.966 bits per heavy atom. The number of amides is 1. The number of hydrogen-bond donors (Lipinski definition) is 0. The first-order valence-corrected chi connectivity index (χ1v) is 9.27. The fraction of sp³-hybridized carbons (Fsp3) is 0.286. The third-order valence-electron chi connectivity index (χ3n) is 5.05. The van der Waals surface area contributed by atoms with Crippen LogP contribution < -0.4 is 0 Å². The maximum Gasteiger partial charge on any atom is 0.416 e. The number of piperidine rings is 1. The second-order valence-electron chi connectivity index (χ2n) is 6.95. The third-order valence-corrected chi connectivity index (χ3v) is 5.05. The molecule has 5 nitrogen and oxygen atoms in total. The first kappa shape index (κ1) is 19.2. The van der Waals surface area contributed by atoms with Crippen LogP contribution in [0.3, 0.4) is 0 Å². The molecule has 1 fully saturated rings. The molecular formula is C21H18F3N3O2. The Morgan fingerprint density at radius 3 is 2.24 bits per heavy atom. The molecule has 2 aromatic carbocycles. The van der Waals surface area contributed by atoms with Crippen LogP contribution in [0.5, 0.6) is 0 Å². The van der Waals surface area contributed by atoms with E-state index in [-0.39, 0.29) is 17.4 Å². The minimum atomic E-state index is -4.41. The summed E-state index contributed by atoms with van der Waals surface area (Å²) < 4.78 is 43.8. The van der Waals surface area contributed by atoms with Crippen LogP contribution in [0, 0.1) is 0 Å². The summed E-state index contributed by atoms with van der Waals surface area (Å²) in [6.07, 6.45) is -3.10. The van der Waals surface area contributed by atoms with Crippen LogP contribution in [0.1, 0.15) is 40.6 Å². The fourth-order valence-corrected chi connectivity index (χ4v) is 3.41. The number of alkyl halides is 3. The monoisotopic (exact) mass is 401 g/mol. The van der Waals surface area contributed by atoms with E-state index >= 15 is 0 Å². The largest absolute Gasteiger partial charge is 0.420 e. The molecule has 0 atom stereocenters. The highest BCUT2D eigenvalue weighted by Gasteiger charge is 2.31. The normalized spacial score (nSPS) is 15.5. The number of aromatic nitrogens is 2. The number of carbonyl (C=O) groups is 1. The number of hydrogen-bond acceptors (Lipinski definition) is 4. The molecule has 1 aliphatic rings. The minimum Gasteiger partial charge on any atom is -0.420 e. The van der Waals surface area contributed by atoms with Gasteiger partial charge in [0.25, 0.3) is 5.91 Å². The van der Waals surface area contributed by atoms with Gasteiger partial charge < -0.3 is 9.32 Å². The lowest BCUT2D eigenvalue weighted by atomic mass is 9.96. The molecule has 0 N–H and O–H groups in total. The van der Waals surface area contributed by atoms with Crippen molar-refractivity contribution in [3.8, 4) is 11.5 Å². The van der Waals surface area contributed by atoms with Gasteiger partial charge in [0, 0.05) is 30.1 Å². The topological polar surface area (TPSA) is 59.2 Å². The predicted molar refractivity (Wildman–Crippen MR) is 99.1 cm³/mol. The van der Waals surface area contributed by atoms with Gasteiger partial charge in [-0.05, 0) is 49.2 Å². The van der Waals surface area contributed by atoms with Crippen molar-refractivity contribution < 1.29 is 22.4 Å². The van der Waals surface area contributed by atoms with E-state index in [1.807, 2.05) is 30.3 Å². The third kappa shape index (κ3) is 4.16. The molecule has 1 aliphatic heterocycles. The van der Waals surface area contributed by atoms with Crippen molar-refractivity contribution in [2.75, 3.05) is 13.1 Å². The number of halogens is 3. The SMILES string of the molecule is O=C(c1ccc(C(F)(F)F)cc1)N1CCC(c2nnc(-c3ccccc3)o2)CC1. The maximum absolute atomic E-state index is 12.7. The Balaban J connectivity index is 1.38. The molecule has 0 aliphatic carbocycles. The van der Waals surface area contributed by atoms with Crippen molar-refractivity contribution in [3.63, 3.8) is 0 Å². The van der Waals surface area contributed by atoms with Gasteiger partial charge in [0.2, 0.25) is 11.8 Å². The van der Waals surface area contributed by atoms with Crippen LogP contribution in [-0.2, 0) is 6.18 Å². The van der Waals surface area contributed by atoms with E-state index in [2.05, 4.69) is 10.2 Å². The van der Waals surface area contributed by atoms with E-state index in [0.717, 1.165) is 17.7 Å². The lowest BCUT2D eigenvalue weighted by molar-refractivity contribution is -0.137. The van der Waals surface area contributed by atoms with E-state index < -0.39 is 11.7 Å². The van der Waals surface area contributed by atoms with Crippen LogP contribution in [0.25, 0.3) is 11.5 Å². The average Bonchev–Trinajstić information content (AvgIpc) is 3.24. The van der Waals surface area contributed by atoms with Crippen LogP contribution in [0.15, 0.2) is 59.0 Å². The molecular weight excluding hydrogens is 383 g/mol. The van der Waals surface area contributed by atoms with Crippen molar-refractivity contribution in [1.82, 2.24) is 15.1 Å². The summed E-state index contributed by atoms with van der Waals surface area (Å²) in [5.41, 5.74) is 0.333. The zero-order valence-corrected chi connectivity index (χ0v) is 15.4. The Labute approximate surface area is 165 Å². The molecule has 0 saturated carbocycles. The summed E-state index contributed by atoms with van der Waals surface area (Å²) in [6, 6.07) is 13.8. The van der Waals surface area contributed by atoms with E-state index in [4.69, 9.17) is 4.42 Å². The van der Waals surface area contributed by atoms with Gasteiger partial charge >= 0.3 is 6.18 Å². The lowest BCUT2D eigenvalue weighted by Gasteiger charge is -2.30. The van der Waals surface area contributed by atoms with E-state index in [0.29, 0.717) is 37.7 Å². The average molecular weight is 401 g/mol. The van der Waals surface area contributed by atoms with Crippen LogP contribution in [0.2, 0.25) is 0 Å². The van der Waals surface area contributed by atoms with Gasteiger partial charge in [-0.25, -0.2) is 0 Å². The van der Waals surface area contributed by atoms with Gasteiger partial charge in [0.1, 0.15) is 0 Å². The molecule has 1 amide bonds. The van der Waals surface area contributed by atoms with Crippen molar-refractivity contribution in [1.29, 1.82) is 0 Å². The highest BCUT2D eigenvalue weighted by Crippen LogP contribution is 2.31. The summed E-state index contributed by atoms with van der Waals surface area (Å²) in [7, 11) is 0. The number of nitrogens with zero attached hydrogens (tertiary/aromatic N) is 3. The molecule has 0 spiro atoms. The lowest BCUT2D eigenvalue weighted by Crippen LogP contribution is -2.38. The molecule has 0 radical (unpaired) electrons. The quantitative estimate of drug-likeness (QED) is 0.634. The molecule has 8 heteroatoms. The number of benzene rings is 2. The summed E-state index contributed by atoms with van der Waals surface area (Å²) in [6.45, 7) is 0.959. The van der Waals surface area contributed by atoms with Gasteiger partial charge in [0.05, 0.1) is 5.56 Å². The standard InChI is InChI=1S/C21H18F3N3O2/c22-21(23,24)17-8-6-16(7-9-17)20(28)27-12-10-15(11-13-27)19-26-25-18(29-19)14-4-2-1-3-5-14/h1-9,15H,10-13H2. The Kier molecular flexibility index (Phi) is 5.08. The van der Waals surface area contributed by atoms with Gasteiger partial charge in [-0.15, -0.1) is 10.2 Å². The van der Waals surface area contributed by atoms with Crippen molar-refractivity contribution in [2.45, 2.75) is 24.9 Å². The molecule has 1 aromatic heterocycles. The predicted octanol–water partition coefficient (Wildman–Crippen LogP) is 4.78. The van der Waals surface area contributed by atoms with E-state index in [1.165, 1.54) is 12.1 Å². The smallest absolute Gasteiger partial charge is 0.416 e. The first-order valence-electron chi connectivity index (χ1n) is 9.27. The number of carbonyl (C=O) groups excluding carboxylic acids is 1. The van der Waals surface area contributed by atoms with Crippen LogP contribution in [-0.4, -0.2) is 34.1 Å². The summed E-state index contributed by atoms with van der Waals surface area (Å²) in [4.78, 5) is 14.2. The van der Waals surface area contributed by atoms with Crippen LogP contribution >= 0.6 is 0 Å². The number of rotatable bonds is 3. The minimum absolute atomic E-state index is 0.0524. The highest BCUT2D eigenvalue weighted by molar-refractivity contribution is 5.94. The zero-order chi connectivity index (χ0) is 20.4. The van der Waals surface area contributed by atoms with Crippen LogP contribution in [0.4, 0.5) is 13.2 Å². The zero-order valence-electron chi connectivity index (χ0n) is 15.4. The molecule has 150 valence electrons. The van der Waals surface area contributed by atoms with Gasteiger partial charge in [-0.1, -0.05) is 18.2 Å². The molecule has 2 heterocycles. The molecule has 4 rings (SSSR count). The van der Waals surface area contributed by atoms with E-state index in [9.17, 15) is 18.0 Å². The molecule has 1 saturated heterocycles. The highest BCUT2D eigenvalue weighted by atomic mass is 19.4. The second kappa shape index (κ2) is 7.69. The molecule has 0 unspecified atom stereocenters. The van der Waals surface area contributed by atoms with Crippen molar-refractivity contribution in [3.05, 3.63) is 71.6 Å². The first-order chi connectivity index (χ1) is 13.9. The van der Waals surface area contributed by atoms with Gasteiger partial charge in [0.15, 0.2) is 0 Å². The van der Waals surface area contributed by atoms with Crippen molar-refractivity contribution >= 4 is 5.91 Å². The summed E-state index contributed by atoms with van der Waals surface area (Å²) in [5.74, 6) is 0.790.